The van der Waals surface area contributed by atoms with E-state index in [1.54, 1.807) is 11.0 Å². The number of carbonyl (C=O) groups excluding carboxylic acids is 1. The van der Waals surface area contributed by atoms with E-state index in [0.29, 0.717) is 29.6 Å². The monoisotopic (exact) mass is 380 g/mol. The van der Waals surface area contributed by atoms with E-state index in [1.165, 1.54) is 12.1 Å². The van der Waals surface area contributed by atoms with Crippen LogP contribution in [0.25, 0.3) is 5.70 Å². The average Bonchev–Trinajstić information content (AvgIpc) is 2.90. The number of hydrogen-bond acceptors (Lipinski definition) is 4. The summed E-state index contributed by atoms with van der Waals surface area (Å²) >= 11 is 3.48. The number of alkyl halides is 1. The van der Waals surface area contributed by atoms with Crippen molar-refractivity contribution in [2.24, 2.45) is 0 Å². The molecule has 1 saturated heterocycles. The first-order valence-electron chi connectivity index (χ1n) is 7.43. The second-order valence-corrected chi connectivity index (χ2v) is 6.72. The van der Waals surface area contributed by atoms with Crippen molar-refractivity contribution in [1.82, 2.24) is 4.90 Å². The Morgan fingerprint density at radius 2 is 2.17 bits per heavy atom. The molecule has 3 rings (SSSR count). The van der Waals surface area contributed by atoms with Gasteiger partial charge >= 0.3 is 0 Å². The summed E-state index contributed by atoms with van der Waals surface area (Å²) in [5, 5.41) is 11.6. The lowest BCUT2D eigenvalue weighted by Gasteiger charge is -2.38. The fourth-order valence-corrected chi connectivity index (χ4v) is 4.05. The molecule has 0 atom stereocenters. The fraction of sp³-hybridized carbons (Fsp3) is 0.438. The van der Waals surface area contributed by atoms with Crippen LogP contribution in [0.3, 0.4) is 0 Å². The summed E-state index contributed by atoms with van der Waals surface area (Å²) in [7, 11) is 0. The Morgan fingerprint density at radius 1 is 1.43 bits per heavy atom. The molecular weight excluding hydrogens is 364 g/mol. The minimum absolute atomic E-state index is 0.00914. The minimum atomic E-state index is -0.592. The van der Waals surface area contributed by atoms with Crippen LogP contribution in [0, 0.1) is 10.1 Å². The number of amides is 1. The summed E-state index contributed by atoms with van der Waals surface area (Å²) in [6.45, 7) is 4.51. The van der Waals surface area contributed by atoms with Crippen LogP contribution in [-0.2, 0) is 4.79 Å². The Balaban J connectivity index is 2.25. The number of fused-ring (bicyclic) bond motifs is 1. The number of non-ortho nitro benzene ring substituents is 1. The van der Waals surface area contributed by atoms with Crippen LogP contribution in [0.1, 0.15) is 32.3 Å². The number of benzene rings is 1. The fourth-order valence-electron chi connectivity index (χ4n) is 3.11. The summed E-state index contributed by atoms with van der Waals surface area (Å²) in [6, 6.07) is 4.53. The molecule has 0 N–H and O–H groups in total. The Kier molecular flexibility index (Phi) is 3.91. The molecule has 122 valence electrons. The lowest BCUT2D eigenvalue weighted by Crippen LogP contribution is -2.39. The third-order valence-corrected chi connectivity index (χ3v) is 4.84. The molecule has 2 heterocycles. The lowest BCUT2D eigenvalue weighted by molar-refractivity contribution is -0.384. The second kappa shape index (κ2) is 5.63. The molecule has 0 aromatic heterocycles. The van der Waals surface area contributed by atoms with Crippen molar-refractivity contribution in [2.45, 2.75) is 32.3 Å². The van der Waals surface area contributed by atoms with Crippen LogP contribution < -0.4 is 4.74 Å². The zero-order valence-corrected chi connectivity index (χ0v) is 14.6. The summed E-state index contributed by atoms with van der Waals surface area (Å²) in [4.78, 5) is 24.7. The molecule has 2 aliphatic heterocycles. The highest BCUT2D eigenvalue weighted by molar-refractivity contribution is 9.09. The van der Waals surface area contributed by atoms with Gasteiger partial charge in [-0.2, -0.15) is 0 Å². The number of ether oxygens (including phenoxy) is 1. The van der Waals surface area contributed by atoms with Gasteiger partial charge in [0.05, 0.1) is 10.6 Å². The summed E-state index contributed by atoms with van der Waals surface area (Å²) in [5.41, 5.74) is 1.68. The molecule has 0 bridgehead atoms. The number of nitro benzene ring substituents is 1. The number of nitro groups is 1. The van der Waals surface area contributed by atoms with Crippen molar-refractivity contribution >= 4 is 33.2 Å². The quantitative estimate of drug-likeness (QED) is 0.457. The van der Waals surface area contributed by atoms with Crippen molar-refractivity contribution in [3.05, 3.63) is 39.4 Å². The van der Waals surface area contributed by atoms with Gasteiger partial charge in [0, 0.05) is 41.6 Å². The van der Waals surface area contributed by atoms with Crippen LogP contribution >= 0.6 is 15.9 Å². The summed E-state index contributed by atoms with van der Waals surface area (Å²) < 4.78 is 6.03. The number of hydrogen-bond donors (Lipinski definition) is 0. The van der Waals surface area contributed by atoms with E-state index in [-0.39, 0.29) is 11.6 Å². The molecule has 0 spiro atoms. The van der Waals surface area contributed by atoms with Crippen molar-refractivity contribution in [2.75, 3.05) is 11.9 Å². The highest BCUT2D eigenvalue weighted by Gasteiger charge is 2.39. The van der Waals surface area contributed by atoms with E-state index in [4.69, 9.17) is 4.74 Å². The maximum absolute atomic E-state index is 12.3. The zero-order chi connectivity index (χ0) is 16.8. The van der Waals surface area contributed by atoms with Crippen molar-refractivity contribution in [3.63, 3.8) is 0 Å². The van der Waals surface area contributed by atoms with Crippen LogP contribution in [0.15, 0.2) is 23.8 Å². The Bertz CT molecular complexity index is 727. The normalized spacial score (nSPS) is 19.6. The Hall–Kier alpha value is -1.89. The first-order chi connectivity index (χ1) is 10.8. The Morgan fingerprint density at radius 3 is 2.74 bits per heavy atom. The van der Waals surface area contributed by atoms with Gasteiger partial charge in [-0.25, -0.2) is 0 Å². The summed E-state index contributed by atoms with van der Waals surface area (Å²) in [6.07, 6.45) is 1.30. The molecule has 0 aliphatic carbocycles. The molecule has 0 saturated carbocycles. The number of likely N-dealkylation sites (tertiary alicyclic amines) is 1. The van der Waals surface area contributed by atoms with Gasteiger partial charge in [-0.05, 0) is 26.3 Å². The van der Waals surface area contributed by atoms with Crippen molar-refractivity contribution in [3.8, 4) is 5.75 Å². The third kappa shape index (κ3) is 2.63. The average molecular weight is 381 g/mol. The lowest BCUT2D eigenvalue weighted by atomic mass is 9.90. The van der Waals surface area contributed by atoms with E-state index in [9.17, 15) is 14.9 Å². The number of carbonyl (C=O) groups is 1. The molecule has 1 aromatic rings. The first kappa shape index (κ1) is 16.0. The summed E-state index contributed by atoms with van der Waals surface area (Å²) in [5.74, 6) is 0.619. The topological polar surface area (TPSA) is 72.7 Å². The smallest absolute Gasteiger partial charge is 0.270 e. The second-order valence-electron chi connectivity index (χ2n) is 6.16. The van der Waals surface area contributed by atoms with Gasteiger partial charge in [0.25, 0.3) is 5.69 Å². The zero-order valence-electron chi connectivity index (χ0n) is 13.0. The van der Waals surface area contributed by atoms with E-state index >= 15 is 0 Å². The van der Waals surface area contributed by atoms with Gasteiger partial charge in [-0.3, -0.25) is 14.9 Å². The number of rotatable bonds is 3. The predicted molar refractivity (Wildman–Crippen MR) is 89.5 cm³/mol. The number of nitrogens with zero attached hydrogens (tertiary/aromatic N) is 2. The van der Waals surface area contributed by atoms with E-state index < -0.39 is 10.5 Å². The molecule has 7 heteroatoms. The van der Waals surface area contributed by atoms with Crippen molar-refractivity contribution in [1.29, 1.82) is 0 Å². The van der Waals surface area contributed by atoms with Crippen LogP contribution in [0.2, 0.25) is 0 Å². The molecule has 1 fully saturated rings. The number of halogens is 1. The Labute approximate surface area is 142 Å². The third-order valence-electron chi connectivity index (χ3n) is 4.28. The van der Waals surface area contributed by atoms with Gasteiger partial charge in [0.2, 0.25) is 5.91 Å². The van der Waals surface area contributed by atoms with Gasteiger partial charge in [-0.1, -0.05) is 15.9 Å². The maximum Gasteiger partial charge on any atom is 0.270 e. The first-order valence-corrected chi connectivity index (χ1v) is 8.55. The molecule has 0 radical (unpaired) electrons. The molecule has 1 amide bonds. The largest absolute Gasteiger partial charge is 0.483 e. The van der Waals surface area contributed by atoms with Crippen LogP contribution in [0.4, 0.5) is 5.69 Å². The van der Waals surface area contributed by atoms with Crippen LogP contribution in [-0.4, -0.2) is 33.2 Å². The highest BCUT2D eigenvalue weighted by Crippen LogP contribution is 2.45. The standard InChI is InChI=1S/C16H17BrN2O4/c1-16(2)12(9-17)15(18-7-3-4-14(18)20)11-8-10(19(21)22)5-6-13(11)23-16/h5-6,8H,3-4,7,9H2,1-2H3. The van der Waals surface area contributed by atoms with Crippen LogP contribution in [0.5, 0.6) is 5.75 Å². The molecule has 6 nitrogen and oxygen atoms in total. The van der Waals surface area contributed by atoms with Gasteiger partial charge < -0.3 is 9.64 Å². The molecule has 2 aliphatic rings. The molecule has 0 unspecified atom stereocenters. The van der Waals surface area contributed by atoms with Gasteiger partial charge in [-0.15, -0.1) is 0 Å². The maximum atomic E-state index is 12.3. The minimum Gasteiger partial charge on any atom is -0.483 e. The van der Waals surface area contributed by atoms with E-state index in [2.05, 4.69) is 15.9 Å². The van der Waals surface area contributed by atoms with Crippen molar-refractivity contribution < 1.29 is 14.5 Å². The molecular formula is C16H17BrN2O4. The SMILES string of the molecule is CC1(C)Oc2ccc([N+](=O)[O-])cc2C(N2CCCC2=O)=C1CBr. The highest BCUT2D eigenvalue weighted by atomic mass is 79.9. The van der Waals surface area contributed by atoms with E-state index in [1.807, 2.05) is 13.8 Å². The van der Waals surface area contributed by atoms with Gasteiger partial charge in [0.1, 0.15) is 11.4 Å². The molecule has 23 heavy (non-hydrogen) atoms. The van der Waals surface area contributed by atoms with E-state index in [0.717, 1.165) is 17.7 Å². The predicted octanol–water partition coefficient (Wildman–Crippen LogP) is 3.49. The van der Waals surface area contributed by atoms with Gasteiger partial charge in [0.15, 0.2) is 0 Å². The molecule has 1 aromatic carbocycles.